The highest BCUT2D eigenvalue weighted by molar-refractivity contribution is 5.95. The number of para-hydroxylation sites is 1. The van der Waals surface area contributed by atoms with E-state index >= 15 is 0 Å². The number of nitrogens with one attached hydrogen (secondary N) is 1. The zero-order valence-electron chi connectivity index (χ0n) is 15.0. The van der Waals surface area contributed by atoms with Crippen molar-refractivity contribution in [2.24, 2.45) is 0 Å². The van der Waals surface area contributed by atoms with Crippen LogP contribution in [0.5, 0.6) is 0 Å². The third kappa shape index (κ3) is 4.29. The van der Waals surface area contributed by atoms with Crippen LogP contribution in [0.1, 0.15) is 30.6 Å². The Morgan fingerprint density at radius 1 is 1.16 bits per heavy atom. The zero-order valence-corrected chi connectivity index (χ0v) is 15.0. The maximum atomic E-state index is 12.8. The Hall–Kier alpha value is -2.56. The summed E-state index contributed by atoms with van der Waals surface area (Å²) >= 11 is 0. The number of hydrogen-bond donors (Lipinski definition) is 1. The number of benzene rings is 1. The van der Waals surface area contributed by atoms with Crippen LogP contribution < -0.4 is 10.2 Å². The van der Waals surface area contributed by atoms with E-state index in [4.69, 9.17) is 0 Å². The molecule has 0 spiro atoms. The molecule has 0 saturated carbocycles. The van der Waals surface area contributed by atoms with Gasteiger partial charge in [0.05, 0.1) is 11.3 Å². The molecular weight excluding hydrogens is 312 g/mol. The molecule has 0 radical (unpaired) electrons. The van der Waals surface area contributed by atoms with Crippen molar-refractivity contribution in [3.8, 4) is 0 Å². The molecule has 3 rings (SSSR count). The van der Waals surface area contributed by atoms with Crippen LogP contribution >= 0.6 is 0 Å². The van der Waals surface area contributed by atoms with Crippen LogP contribution in [-0.2, 0) is 0 Å². The minimum absolute atomic E-state index is 0.0630. The van der Waals surface area contributed by atoms with Gasteiger partial charge >= 0.3 is 0 Å². The number of nitrogens with zero attached hydrogens (tertiary/aromatic N) is 3. The summed E-state index contributed by atoms with van der Waals surface area (Å²) in [5.74, 6) is 0.0630. The summed E-state index contributed by atoms with van der Waals surface area (Å²) in [6.07, 6.45) is 4.46. The number of pyridine rings is 1. The fourth-order valence-electron chi connectivity index (χ4n) is 3.01. The van der Waals surface area contributed by atoms with Gasteiger partial charge in [0, 0.05) is 50.3 Å². The van der Waals surface area contributed by atoms with Crippen LogP contribution in [0.15, 0.2) is 48.8 Å². The summed E-state index contributed by atoms with van der Waals surface area (Å²) in [7, 11) is 0. The second-order valence-corrected chi connectivity index (χ2v) is 6.53. The van der Waals surface area contributed by atoms with Gasteiger partial charge in [0.25, 0.3) is 5.91 Å². The number of hydrogen-bond acceptors (Lipinski definition) is 4. The standard InChI is InChI=1S/C20H26N4O/c1-3-16(2)22-18-13-17(14-21-15-18)20(25)24-11-9-23(10-12-24)19-7-5-4-6-8-19/h4-8,13-16,22H,3,9-12H2,1-2H3. The highest BCUT2D eigenvalue weighted by Gasteiger charge is 2.22. The van der Waals surface area contributed by atoms with Crippen molar-refractivity contribution in [2.45, 2.75) is 26.3 Å². The molecule has 1 amide bonds. The second kappa shape index (κ2) is 8.01. The largest absolute Gasteiger partial charge is 0.381 e. The Labute approximate surface area is 149 Å². The minimum atomic E-state index is 0.0630. The van der Waals surface area contributed by atoms with Crippen molar-refractivity contribution in [1.29, 1.82) is 0 Å². The van der Waals surface area contributed by atoms with E-state index in [0.717, 1.165) is 38.3 Å². The summed E-state index contributed by atoms with van der Waals surface area (Å²) in [6.45, 7) is 7.43. The summed E-state index contributed by atoms with van der Waals surface area (Å²) in [5.41, 5.74) is 2.78. The van der Waals surface area contributed by atoms with Gasteiger partial charge in [0.2, 0.25) is 0 Å². The number of aromatic nitrogens is 1. The van der Waals surface area contributed by atoms with E-state index in [1.165, 1.54) is 5.69 Å². The van der Waals surface area contributed by atoms with Crippen LogP contribution in [0.4, 0.5) is 11.4 Å². The Morgan fingerprint density at radius 2 is 1.88 bits per heavy atom. The molecule has 2 heterocycles. The van der Waals surface area contributed by atoms with Crippen LogP contribution in [0.25, 0.3) is 0 Å². The van der Waals surface area contributed by atoms with Crippen molar-refractivity contribution in [1.82, 2.24) is 9.88 Å². The number of rotatable bonds is 5. The third-order valence-corrected chi connectivity index (χ3v) is 4.70. The van der Waals surface area contributed by atoms with E-state index in [2.05, 4.69) is 41.2 Å². The van der Waals surface area contributed by atoms with E-state index in [1.54, 1.807) is 12.4 Å². The van der Waals surface area contributed by atoms with E-state index in [9.17, 15) is 4.79 Å². The van der Waals surface area contributed by atoms with Gasteiger partial charge in [0.1, 0.15) is 0 Å². The maximum absolute atomic E-state index is 12.8. The van der Waals surface area contributed by atoms with Crippen molar-refractivity contribution in [3.63, 3.8) is 0 Å². The van der Waals surface area contributed by atoms with Gasteiger partial charge < -0.3 is 15.1 Å². The van der Waals surface area contributed by atoms with E-state index in [-0.39, 0.29) is 5.91 Å². The highest BCUT2D eigenvalue weighted by Crippen LogP contribution is 2.18. The van der Waals surface area contributed by atoms with Gasteiger partial charge in [0.15, 0.2) is 0 Å². The molecule has 1 aliphatic rings. The molecule has 5 heteroatoms. The molecular formula is C20H26N4O. The predicted octanol–water partition coefficient (Wildman–Crippen LogP) is 3.25. The molecule has 25 heavy (non-hydrogen) atoms. The number of amides is 1. The Kier molecular flexibility index (Phi) is 5.53. The van der Waals surface area contributed by atoms with E-state index in [0.29, 0.717) is 11.6 Å². The van der Waals surface area contributed by atoms with Crippen LogP contribution in [0.3, 0.4) is 0 Å². The van der Waals surface area contributed by atoms with Crippen molar-refractivity contribution < 1.29 is 4.79 Å². The maximum Gasteiger partial charge on any atom is 0.255 e. The number of carbonyl (C=O) groups is 1. The molecule has 1 unspecified atom stereocenters. The molecule has 0 aliphatic carbocycles. The van der Waals surface area contributed by atoms with E-state index < -0.39 is 0 Å². The quantitative estimate of drug-likeness (QED) is 0.909. The minimum Gasteiger partial charge on any atom is -0.381 e. The molecule has 5 nitrogen and oxygen atoms in total. The average Bonchev–Trinajstić information content (AvgIpc) is 2.68. The first-order valence-corrected chi connectivity index (χ1v) is 8.98. The normalized spacial score (nSPS) is 15.8. The second-order valence-electron chi connectivity index (χ2n) is 6.53. The lowest BCUT2D eigenvalue weighted by molar-refractivity contribution is 0.0746. The molecule has 0 bridgehead atoms. The van der Waals surface area contributed by atoms with Crippen LogP contribution in [0.2, 0.25) is 0 Å². The first kappa shape index (κ1) is 17.3. The summed E-state index contributed by atoms with van der Waals surface area (Å²) in [6, 6.07) is 12.6. The lowest BCUT2D eigenvalue weighted by Gasteiger charge is -2.36. The lowest BCUT2D eigenvalue weighted by Crippen LogP contribution is -2.48. The third-order valence-electron chi connectivity index (χ3n) is 4.70. The Morgan fingerprint density at radius 3 is 2.56 bits per heavy atom. The van der Waals surface area contributed by atoms with Gasteiger partial charge in [-0.05, 0) is 31.5 Å². The lowest BCUT2D eigenvalue weighted by atomic mass is 10.2. The molecule has 1 N–H and O–H groups in total. The smallest absolute Gasteiger partial charge is 0.255 e. The first-order chi connectivity index (χ1) is 12.2. The van der Waals surface area contributed by atoms with Gasteiger partial charge in [-0.3, -0.25) is 9.78 Å². The summed E-state index contributed by atoms with van der Waals surface area (Å²) in [4.78, 5) is 21.3. The summed E-state index contributed by atoms with van der Waals surface area (Å²) in [5, 5.41) is 3.38. The zero-order chi connectivity index (χ0) is 17.6. The number of anilines is 2. The fourth-order valence-corrected chi connectivity index (χ4v) is 3.01. The average molecular weight is 338 g/mol. The molecule has 2 aromatic rings. The predicted molar refractivity (Wildman–Crippen MR) is 102 cm³/mol. The molecule has 1 fully saturated rings. The van der Waals surface area contributed by atoms with Crippen LogP contribution in [0, 0.1) is 0 Å². The molecule has 1 atom stereocenters. The van der Waals surface area contributed by atoms with Crippen molar-refractivity contribution in [3.05, 3.63) is 54.4 Å². The molecule has 1 aromatic carbocycles. The fraction of sp³-hybridized carbons (Fsp3) is 0.400. The van der Waals surface area contributed by atoms with Gasteiger partial charge in [-0.1, -0.05) is 25.1 Å². The molecule has 1 aromatic heterocycles. The van der Waals surface area contributed by atoms with Crippen molar-refractivity contribution >= 4 is 17.3 Å². The Balaban J connectivity index is 1.62. The monoisotopic (exact) mass is 338 g/mol. The molecule has 1 aliphatic heterocycles. The highest BCUT2D eigenvalue weighted by atomic mass is 16.2. The number of piperazine rings is 1. The topological polar surface area (TPSA) is 48.5 Å². The van der Waals surface area contributed by atoms with Crippen molar-refractivity contribution in [2.75, 3.05) is 36.4 Å². The van der Waals surface area contributed by atoms with Gasteiger partial charge in [-0.15, -0.1) is 0 Å². The van der Waals surface area contributed by atoms with E-state index in [1.807, 2.05) is 29.2 Å². The molecule has 1 saturated heterocycles. The van der Waals surface area contributed by atoms with Gasteiger partial charge in [-0.2, -0.15) is 0 Å². The van der Waals surface area contributed by atoms with Crippen LogP contribution in [-0.4, -0.2) is 48.0 Å². The van der Waals surface area contributed by atoms with Gasteiger partial charge in [-0.25, -0.2) is 0 Å². The number of carbonyl (C=O) groups excluding carboxylic acids is 1. The first-order valence-electron chi connectivity index (χ1n) is 8.98. The molecule has 132 valence electrons. The SMILES string of the molecule is CCC(C)Nc1cncc(C(=O)N2CCN(c3ccccc3)CC2)c1. The summed E-state index contributed by atoms with van der Waals surface area (Å²) < 4.78 is 0. The Bertz CT molecular complexity index is 696.